The topological polar surface area (TPSA) is 69.7 Å². The molecule has 0 spiro atoms. The molecule has 6 nitrogen and oxygen atoms in total. The van der Waals surface area contributed by atoms with Crippen LogP contribution in [0.5, 0.6) is 0 Å². The van der Waals surface area contributed by atoms with Crippen LogP contribution in [-0.4, -0.2) is 53.2 Å². The summed E-state index contributed by atoms with van der Waals surface area (Å²) in [4.78, 5) is 42.9. The zero-order chi connectivity index (χ0) is 22.9. The molecule has 6 heteroatoms. The van der Waals surface area contributed by atoms with Crippen LogP contribution in [-0.2, 0) is 9.59 Å². The molecule has 0 aromatic heterocycles. The number of likely N-dealkylation sites (tertiary alicyclic amines) is 1. The van der Waals surface area contributed by atoms with Gasteiger partial charge in [0.25, 0.3) is 5.91 Å². The monoisotopic (exact) mass is 445 g/mol. The number of nitrogens with zero attached hydrogens (tertiary/aromatic N) is 2. The predicted octanol–water partition coefficient (Wildman–Crippen LogP) is 3.57. The molecule has 0 radical (unpaired) electrons. The van der Waals surface area contributed by atoms with E-state index >= 15 is 0 Å². The maximum atomic E-state index is 13.7. The van der Waals surface area contributed by atoms with Gasteiger partial charge in [0, 0.05) is 37.7 Å². The minimum absolute atomic E-state index is 0.0243. The molecule has 1 saturated carbocycles. The number of amides is 3. The smallest absolute Gasteiger partial charge is 0.254 e. The van der Waals surface area contributed by atoms with Crippen molar-refractivity contribution in [1.29, 1.82) is 0 Å². The highest BCUT2D eigenvalue weighted by Crippen LogP contribution is 2.47. The lowest BCUT2D eigenvalue weighted by atomic mass is 9.78. The van der Waals surface area contributed by atoms with Gasteiger partial charge < -0.3 is 15.1 Å². The molecule has 2 heterocycles. The van der Waals surface area contributed by atoms with Crippen molar-refractivity contribution in [3.05, 3.63) is 70.8 Å². The van der Waals surface area contributed by atoms with Crippen molar-refractivity contribution < 1.29 is 14.4 Å². The van der Waals surface area contributed by atoms with Crippen LogP contribution in [0.2, 0.25) is 0 Å². The first-order chi connectivity index (χ1) is 16.0. The second-order valence-electron chi connectivity index (χ2n) is 9.50. The van der Waals surface area contributed by atoms with E-state index in [0.717, 1.165) is 48.9 Å². The van der Waals surface area contributed by atoms with E-state index in [0.29, 0.717) is 25.1 Å². The Kier molecular flexibility index (Phi) is 5.92. The first kappa shape index (κ1) is 21.7. The van der Waals surface area contributed by atoms with Crippen LogP contribution in [0.1, 0.15) is 71.1 Å². The van der Waals surface area contributed by atoms with Gasteiger partial charge in [-0.15, -0.1) is 0 Å². The van der Waals surface area contributed by atoms with Crippen molar-refractivity contribution in [3.8, 4) is 0 Å². The predicted molar refractivity (Wildman–Crippen MR) is 126 cm³/mol. The fourth-order valence-corrected chi connectivity index (χ4v) is 5.33. The average molecular weight is 446 g/mol. The van der Waals surface area contributed by atoms with Crippen LogP contribution in [0.15, 0.2) is 48.5 Å². The molecule has 2 aromatic rings. The molecule has 2 aromatic carbocycles. The molecule has 3 aliphatic rings. The van der Waals surface area contributed by atoms with Crippen LogP contribution < -0.4 is 5.32 Å². The third-order valence-corrected chi connectivity index (χ3v) is 7.06. The van der Waals surface area contributed by atoms with Crippen molar-refractivity contribution in [1.82, 2.24) is 15.1 Å². The summed E-state index contributed by atoms with van der Waals surface area (Å²) in [5.41, 5.74) is 3.56. The summed E-state index contributed by atoms with van der Waals surface area (Å²) >= 11 is 0. The highest BCUT2D eigenvalue weighted by molar-refractivity contribution is 6.01. The lowest BCUT2D eigenvalue weighted by Gasteiger charge is -2.42. The Morgan fingerprint density at radius 1 is 1.09 bits per heavy atom. The van der Waals surface area contributed by atoms with Crippen LogP contribution in [0, 0.1) is 6.92 Å². The molecule has 0 unspecified atom stereocenters. The quantitative estimate of drug-likeness (QED) is 0.663. The molecule has 5 rings (SSSR count). The molecule has 1 saturated heterocycles. The van der Waals surface area contributed by atoms with Crippen molar-refractivity contribution >= 4 is 17.7 Å². The van der Waals surface area contributed by atoms with E-state index in [9.17, 15) is 14.4 Å². The first-order valence-electron chi connectivity index (χ1n) is 12.1. The summed E-state index contributed by atoms with van der Waals surface area (Å²) in [6.07, 6.45) is 4.25. The van der Waals surface area contributed by atoms with E-state index in [1.54, 1.807) is 0 Å². The first-order valence-corrected chi connectivity index (χ1v) is 12.1. The number of nitrogens with one attached hydrogen (secondary N) is 1. The number of hydrogen-bond donors (Lipinski definition) is 1. The Labute approximate surface area is 194 Å². The molecular formula is C27H31N3O3. The van der Waals surface area contributed by atoms with E-state index in [2.05, 4.69) is 11.4 Å². The van der Waals surface area contributed by atoms with Gasteiger partial charge in [0.1, 0.15) is 0 Å². The van der Waals surface area contributed by atoms with E-state index in [1.165, 1.54) is 0 Å². The molecule has 0 bridgehead atoms. The van der Waals surface area contributed by atoms with Gasteiger partial charge in [-0.1, -0.05) is 48.0 Å². The van der Waals surface area contributed by atoms with Gasteiger partial charge >= 0.3 is 0 Å². The number of fused-ring (bicyclic) bond motifs is 1. The Bertz CT molecular complexity index is 1080. The molecule has 33 heavy (non-hydrogen) atoms. The van der Waals surface area contributed by atoms with Gasteiger partial charge in [0.05, 0.1) is 12.0 Å². The highest BCUT2D eigenvalue weighted by Gasteiger charge is 2.48. The lowest BCUT2D eigenvalue weighted by Crippen LogP contribution is -2.48. The summed E-state index contributed by atoms with van der Waals surface area (Å²) in [6.45, 7) is 4.04. The largest absolute Gasteiger partial charge is 0.355 e. The number of carbonyl (C=O) groups excluding carboxylic acids is 3. The second kappa shape index (κ2) is 9.00. The van der Waals surface area contributed by atoms with Crippen LogP contribution in [0.4, 0.5) is 0 Å². The summed E-state index contributed by atoms with van der Waals surface area (Å²) < 4.78 is 0. The standard InChI is InChI=1S/C27H31N3O3/c1-18-7-4-8-19(17-18)25-24(26(32)28-14-6-16-29-15-5-11-23(29)31)21-9-2-3-10-22(21)27(33)30(25)20-12-13-20/h2-4,7-10,17,20,24-25H,5-6,11-16H2,1H3,(H,28,32)/t24-,25-/m1/s1. The number of aryl methyl sites for hydroxylation is 1. The fourth-order valence-electron chi connectivity index (χ4n) is 5.33. The van der Waals surface area contributed by atoms with Gasteiger partial charge in [-0.25, -0.2) is 0 Å². The number of carbonyl (C=O) groups is 3. The number of benzene rings is 2. The summed E-state index contributed by atoms with van der Waals surface area (Å²) in [5, 5.41) is 3.13. The summed E-state index contributed by atoms with van der Waals surface area (Å²) in [5.74, 6) is -0.286. The number of hydrogen-bond acceptors (Lipinski definition) is 3. The van der Waals surface area contributed by atoms with Crippen molar-refractivity contribution in [2.24, 2.45) is 0 Å². The van der Waals surface area contributed by atoms with E-state index in [-0.39, 0.29) is 29.8 Å². The molecule has 2 aliphatic heterocycles. The maximum Gasteiger partial charge on any atom is 0.254 e. The fraction of sp³-hybridized carbons (Fsp3) is 0.444. The molecule has 1 aliphatic carbocycles. The van der Waals surface area contributed by atoms with Crippen LogP contribution in [0.25, 0.3) is 0 Å². The minimum atomic E-state index is -0.463. The van der Waals surface area contributed by atoms with Gasteiger partial charge in [-0.3, -0.25) is 14.4 Å². The molecule has 2 atom stereocenters. The Balaban J connectivity index is 1.42. The Hall–Kier alpha value is -3.15. The van der Waals surface area contributed by atoms with Crippen molar-refractivity contribution in [2.45, 2.75) is 57.0 Å². The average Bonchev–Trinajstić information content (AvgIpc) is 3.57. The molecule has 3 amide bonds. The minimum Gasteiger partial charge on any atom is -0.355 e. The van der Waals surface area contributed by atoms with Crippen molar-refractivity contribution in [2.75, 3.05) is 19.6 Å². The molecule has 2 fully saturated rings. The van der Waals surface area contributed by atoms with E-state index in [4.69, 9.17) is 0 Å². The third kappa shape index (κ3) is 4.26. The molecule has 172 valence electrons. The highest BCUT2D eigenvalue weighted by atomic mass is 16.2. The lowest BCUT2D eigenvalue weighted by molar-refractivity contribution is -0.127. The number of rotatable bonds is 7. The summed E-state index contributed by atoms with van der Waals surface area (Å²) in [6, 6.07) is 15.6. The zero-order valence-corrected chi connectivity index (χ0v) is 19.1. The third-order valence-electron chi connectivity index (χ3n) is 7.06. The van der Waals surface area contributed by atoms with Gasteiger partial charge in [0.2, 0.25) is 11.8 Å². The van der Waals surface area contributed by atoms with Gasteiger partial charge in [-0.05, 0) is 49.8 Å². The van der Waals surface area contributed by atoms with E-state index < -0.39 is 5.92 Å². The van der Waals surface area contributed by atoms with Crippen LogP contribution >= 0.6 is 0 Å². The van der Waals surface area contributed by atoms with Crippen LogP contribution in [0.3, 0.4) is 0 Å². The zero-order valence-electron chi connectivity index (χ0n) is 19.1. The molecular weight excluding hydrogens is 414 g/mol. The van der Waals surface area contributed by atoms with Crippen molar-refractivity contribution in [3.63, 3.8) is 0 Å². The SMILES string of the molecule is Cc1cccc([C@@H]2[C@H](C(=O)NCCCN3CCCC3=O)c3ccccc3C(=O)N2C2CC2)c1. The maximum absolute atomic E-state index is 13.7. The van der Waals surface area contributed by atoms with Gasteiger partial charge in [0.15, 0.2) is 0 Å². The normalized spacial score (nSPS) is 22.5. The molecule has 1 N–H and O–H groups in total. The van der Waals surface area contributed by atoms with Gasteiger partial charge in [-0.2, -0.15) is 0 Å². The van der Waals surface area contributed by atoms with E-state index in [1.807, 2.05) is 59.2 Å². The summed E-state index contributed by atoms with van der Waals surface area (Å²) in [7, 11) is 0. The Morgan fingerprint density at radius 2 is 1.91 bits per heavy atom. The Morgan fingerprint density at radius 3 is 2.64 bits per heavy atom. The second-order valence-corrected chi connectivity index (χ2v) is 9.50.